The van der Waals surface area contributed by atoms with Gasteiger partial charge in [-0.25, -0.2) is 8.78 Å². The molecule has 1 nitrogen and oxygen atoms in total. The van der Waals surface area contributed by atoms with E-state index in [1.165, 1.54) is 0 Å². The highest BCUT2D eigenvalue weighted by Gasteiger charge is 2.40. The molecule has 0 aromatic rings. The lowest BCUT2D eigenvalue weighted by Crippen LogP contribution is -2.45. The molecule has 0 N–H and O–H groups in total. The summed E-state index contributed by atoms with van der Waals surface area (Å²) in [5.41, 5.74) is 0. The van der Waals surface area contributed by atoms with Crippen LogP contribution in [0, 0.1) is 5.92 Å². The van der Waals surface area contributed by atoms with E-state index in [-0.39, 0.29) is 6.42 Å². The van der Waals surface area contributed by atoms with Gasteiger partial charge < -0.3 is 4.90 Å². The predicted octanol–water partition coefficient (Wildman–Crippen LogP) is 2.37. The van der Waals surface area contributed by atoms with Gasteiger partial charge in [0.25, 0.3) is 5.92 Å². The molecule has 0 aliphatic carbocycles. The van der Waals surface area contributed by atoms with Gasteiger partial charge in [0, 0.05) is 25.4 Å². The van der Waals surface area contributed by atoms with E-state index < -0.39 is 11.8 Å². The predicted molar refractivity (Wildman–Crippen MR) is 45.5 cm³/mol. The Bertz CT molecular complexity index is 147. The summed E-state index contributed by atoms with van der Waals surface area (Å²) in [6.45, 7) is 5.80. The first-order chi connectivity index (χ1) is 5.56. The van der Waals surface area contributed by atoms with Crippen LogP contribution in [0.25, 0.3) is 0 Å². The number of nitrogens with zero attached hydrogens (tertiary/aromatic N) is 1. The van der Waals surface area contributed by atoms with Crippen molar-refractivity contribution in [3.05, 3.63) is 0 Å². The van der Waals surface area contributed by atoms with Crippen molar-refractivity contribution in [3.63, 3.8) is 0 Å². The van der Waals surface area contributed by atoms with Crippen LogP contribution < -0.4 is 0 Å². The lowest BCUT2D eigenvalue weighted by molar-refractivity contribution is -0.0986. The molecule has 1 saturated heterocycles. The van der Waals surface area contributed by atoms with Gasteiger partial charge >= 0.3 is 0 Å². The van der Waals surface area contributed by atoms with Gasteiger partial charge in [-0.1, -0.05) is 13.8 Å². The number of piperidine rings is 1. The Morgan fingerprint density at radius 3 is 2.67 bits per heavy atom. The number of alkyl halides is 2. The summed E-state index contributed by atoms with van der Waals surface area (Å²) in [6, 6.07) is 0. The fourth-order valence-electron chi connectivity index (χ4n) is 1.69. The van der Waals surface area contributed by atoms with Crippen LogP contribution in [-0.4, -0.2) is 30.5 Å². The van der Waals surface area contributed by atoms with Crippen LogP contribution >= 0.6 is 0 Å². The molecule has 0 amide bonds. The van der Waals surface area contributed by atoms with Crippen molar-refractivity contribution in [2.75, 3.05) is 19.6 Å². The molecule has 0 aromatic carbocycles. The molecule has 12 heavy (non-hydrogen) atoms. The summed E-state index contributed by atoms with van der Waals surface area (Å²) in [6.07, 6.45) is 1.09. The maximum atomic E-state index is 13.0. The standard InChI is InChI=1S/C9H17F2N/c1-3-5-12-6-4-9(10,11)8(2)7-12/h8H,3-7H2,1-2H3. The Balaban J connectivity index is 2.41. The molecule has 0 bridgehead atoms. The quantitative estimate of drug-likeness (QED) is 0.626. The molecule has 1 aliphatic heterocycles. The first-order valence-electron chi connectivity index (χ1n) is 4.66. The van der Waals surface area contributed by atoms with E-state index in [0.717, 1.165) is 13.0 Å². The highest BCUT2D eigenvalue weighted by Crippen LogP contribution is 2.32. The zero-order valence-corrected chi connectivity index (χ0v) is 7.82. The number of likely N-dealkylation sites (tertiary alicyclic amines) is 1. The van der Waals surface area contributed by atoms with Gasteiger partial charge in [0.05, 0.1) is 0 Å². The van der Waals surface area contributed by atoms with Crippen molar-refractivity contribution in [1.82, 2.24) is 4.90 Å². The number of hydrogen-bond acceptors (Lipinski definition) is 1. The SMILES string of the molecule is CCCN1CCC(F)(F)C(C)C1. The van der Waals surface area contributed by atoms with Gasteiger partial charge in [-0.15, -0.1) is 0 Å². The van der Waals surface area contributed by atoms with Crippen LogP contribution in [0.3, 0.4) is 0 Å². The lowest BCUT2D eigenvalue weighted by atomic mass is 9.95. The molecule has 0 saturated carbocycles. The third kappa shape index (κ3) is 2.16. The molecule has 1 atom stereocenters. The second-order valence-electron chi connectivity index (χ2n) is 3.71. The van der Waals surface area contributed by atoms with Crippen LogP contribution in [0.5, 0.6) is 0 Å². The van der Waals surface area contributed by atoms with E-state index in [4.69, 9.17) is 0 Å². The maximum absolute atomic E-state index is 13.0. The van der Waals surface area contributed by atoms with Gasteiger partial charge in [-0.2, -0.15) is 0 Å². The summed E-state index contributed by atoms with van der Waals surface area (Å²) < 4.78 is 26.0. The molecular formula is C9H17F2N. The second-order valence-corrected chi connectivity index (χ2v) is 3.71. The molecule has 0 radical (unpaired) electrons. The van der Waals surface area contributed by atoms with Gasteiger partial charge in [0.2, 0.25) is 0 Å². The summed E-state index contributed by atoms with van der Waals surface area (Å²) in [5.74, 6) is -2.90. The first-order valence-corrected chi connectivity index (χ1v) is 4.66. The Morgan fingerprint density at radius 1 is 1.50 bits per heavy atom. The Morgan fingerprint density at radius 2 is 2.17 bits per heavy atom. The van der Waals surface area contributed by atoms with Crippen LogP contribution in [0.4, 0.5) is 8.78 Å². The minimum absolute atomic E-state index is 0.0359. The highest BCUT2D eigenvalue weighted by atomic mass is 19.3. The fourth-order valence-corrected chi connectivity index (χ4v) is 1.69. The van der Waals surface area contributed by atoms with E-state index in [2.05, 4.69) is 11.8 Å². The van der Waals surface area contributed by atoms with Crippen LogP contribution in [0.15, 0.2) is 0 Å². The summed E-state index contributed by atoms with van der Waals surface area (Å²) in [5, 5.41) is 0. The van der Waals surface area contributed by atoms with Crippen molar-refractivity contribution in [3.8, 4) is 0 Å². The average Bonchev–Trinajstić information content (AvgIpc) is 1.98. The Labute approximate surface area is 72.7 Å². The van der Waals surface area contributed by atoms with E-state index in [0.29, 0.717) is 13.1 Å². The molecule has 1 heterocycles. The van der Waals surface area contributed by atoms with Crippen molar-refractivity contribution < 1.29 is 8.78 Å². The van der Waals surface area contributed by atoms with Crippen LogP contribution in [0.2, 0.25) is 0 Å². The minimum Gasteiger partial charge on any atom is -0.303 e. The Hall–Kier alpha value is -0.180. The molecule has 1 fully saturated rings. The third-order valence-corrected chi connectivity index (χ3v) is 2.55. The molecule has 1 aliphatic rings. The van der Waals surface area contributed by atoms with E-state index in [9.17, 15) is 8.78 Å². The zero-order valence-electron chi connectivity index (χ0n) is 7.82. The number of rotatable bonds is 2. The van der Waals surface area contributed by atoms with Gasteiger partial charge in [0.15, 0.2) is 0 Å². The average molecular weight is 177 g/mol. The topological polar surface area (TPSA) is 3.24 Å². The smallest absolute Gasteiger partial charge is 0.253 e. The second kappa shape index (κ2) is 3.69. The summed E-state index contributed by atoms with van der Waals surface area (Å²) in [4.78, 5) is 2.13. The van der Waals surface area contributed by atoms with Crippen molar-refractivity contribution in [2.45, 2.75) is 32.6 Å². The van der Waals surface area contributed by atoms with Crippen LogP contribution in [0.1, 0.15) is 26.7 Å². The van der Waals surface area contributed by atoms with E-state index >= 15 is 0 Å². The lowest BCUT2D eigenvalue weighted by Gasteiger charge is -2.36. The molecular weight excluding hydrogens is 160 g/mol. The molecule has 72 valence electrons. The number of halogens is 2. The first kappa shape index (κ1) is 9.90. The summed E-state index contributed by atoms with van der Waals surface area (Å²) in [7, 11) is 0. The maximum Gasteiger partial charge on any atom is 0.253 e. The van der Waals surface area contributed by atoms with E-state index in [1.807, 2.05) is 0 Å². The monoisotopic (exact) mass is 177 g/mol. The summed E-state index contributed by atoms with van der Waals surface area (Å²) >= 11 is 0. The molecule has 3 heteroatoms. The normalized spacial score (nSPS) is 30.5. The van der Waals surface area contributed by atoms with Crippen LogP contribution in [-0.2, 0) is 0 Å². The van der Waals surface area contributed by atoms with E-state index in [1.54, 1.807) is 6.92 Å². The molecule has 0 aromatic heterocycles. The Kier molecular flexibility index (Phi) is 3.04. The highest BCUT2D eigenvalue weighted by molar-refractivity contribution is 4.83. The molecule has 1 rings (SSSR count). The van der Waals surface area contributed by atoms with Crippen molar-refractivity contribution in [1.29, 1.82) is 0 Å². The zero-order chi connectivity index (χ0) is 9.19. The van der Waals surface area contributed by atoms with Gasteiger partial charge in [-0.05, 0) is 13.0 Å². The molecule has 0 spiro atoms. The van der Waals surface area contributed by atoms with Gasteiger partial charge in [0.1, 0.15) is 0 Å². The van der Waals surface area contributed by atoms with Crippen molar-refractivity contribution in [2.24, 2.45) is 5.92 Å². The minimum atomic E-state index is -2.43. The van der Waals surface area contributed by atoms with Gasteiger partial charge in [-0.3, -0.25) is 0 Å². The third-order valence-electron chi connectivity index (χ3n) is 2.55. The fraction of sp³-hybridized carbons (Fsp3) is 1.00. The largest absolute Gasteiger partial charge is 0.303 e. The van der Waals surface area contributed by atoms with Crippen molar-refractivity contribution >= 4 is 0 Å². The number of hydrogen-bond donors (Lipinski definition) is 0. The molecule has 1 unspecified atom stereocenters.